The van der Waals surface area contributed by atoms with Crippen LogP contribution in [0, 0.1) is 11.3 Å². The second-order valence-electron chi connectivity index (χ2n) is 10.7. The number of hydrogen-bond acceptors (Lipinski definition) is 8. The number of amides is 1. The van der Waals surface area contributed by atoms with E-state index in [9.17, 15) is 10.1 Å². The Morgan fingerprint density at radius 1 is 1.03 bits per heavy atom. The number of morpholine rings is 1. The van der Waals surface area contributed by atoms with Gasteiger partial charge in [0.25, 0.3) is 5.91 Å². The summed E-state index contributed by atoms with van der Waals surface area (Å²) in [7, 11) is 0. The normalized spacial score (nSPS) is 20.1. The van der Waals surface area contributed by atoms with Crippen LogP contribution in [0.4, 0.5) is 11.5 Å². The number of rotatable bonds is 5. The van der Waals surface area contributed by atoms with Crippen LogP contribution in [0.5, 0.6) is 11.5 Å². The van der Waals surface area contributed by atoms with E-state index in [1.165, 1.54) is 0 Å². The first-order valence-electron chi connectivity index (χ1n) is 13.9. The molecule has 10 heteroatoms. The van der Waals surface area contributed by atoms with Crippen molar-refractivity contribution in [3.05, 3.63) is 41.1 Å². The standard InChI is InChI=1S/C29H32N6O4/c30-16-19-17-31-28-25(19)22(18-1-2-18)15-24(33-28)32-23-4-3-21(26-27(23)39-14-13-38-26)29(36)35-7-5-20(6-8-35)34-9-11-37-12-10-34/h3-4,15,17-18,20H,1-2,5-14H2,(H2,31,32,33). The Balaban J connectivity index is 1.13. The average molecular weight is 529 g/mol. The number of aromatic amines is 1. The van der Waals surface area contributed by atoms with E-state index in [1.54, 1.807) is 6.20 Å². The Labute approximate surface area is 226 Å². The highest BCUT2D eigenvalue weighted by Gasteiger charge is 2.32. The number of likely N-dealkylation sites (tertiary alicyclic amines) is 1. The van der Waals surface area contributed by atoms with Crippen molar-refractivity contribution < 1.29 is 19.0 Å². The van der Waals surface area contributed by atoms with E-state index in [-0.39, 0.29) is 5.91 Å². The van der Waals surface area contributed by atoms with Gasteiger partial charge in [0.1, 0.15) is 30.7 Å². The number of carbonyl (C=O) groups is 1. The summed E-state index contributed by atoms with van der Waals surface area (Å²) >= 11 is 0. The second-order valence-corrected chi connectivity index (χ2v) is 10.7. The zero-order chi connectivity index (χ0) is 26.3. The van der Waals surface area contributed by atoms with Gasteiger partial charge in [-0.15, -0.1) is 0 Å². The van der Waals surface area contributed by atoms with Crippen molar-refractivity contribution in [3.63, 3.8) is 0 Å². The van der Waals surface area contributed by atoms with Gasteiger partial charge in [0.05, 0.1) is 30.0 Å². The van der Waals surface area contributed by atoms with E-state index in [2.05, 4.69) is 21.3 Å². The summed E-state index contributed by atoms with van der Waals surface area (Å²) in [6, 6.07) is 8.51. The van der Waals surface area contributed by atoms with Crippen LogP contribution in [-0.2, 0) is 4.74 Å². The van der Waals surface area contributed by atoms with E-state index >= 15 is 0 Å². The van der Waals surface area contributed by atoms with Gasteiger partial charge in [-0.1, -0.05) is 0 Å². The van der Waals surface area contributed by atoms with Gasteiger partial charge >= 0.3 is 0 Å². The van der Waals surface area contributed by atoms with Gasteiger partial charge in [-0.25, -0.2) is 4.98 Å². The lowest BCUT2D eigenvalue weighted by Crippen LogP contribution is -2.50. The molecule has 5 heterocycles. The Hall–Kier alpha value is -3.81. The lowest BCUT2D eigenvalue weighted by Gasteiger charge is -2.40. The number of nitrogens with one attached hydrogen (secondary N) is 2. The fourth-order valence-electron chi connectivity index (χ4n) is 6.12. The Kier molecular flexibility index (Phi) is 6.25. The van der Waals surface area contributed by atoms with E-state index in [0.717, 1.165) is 76.0 Å². The molecule has 39 heavy (non-hydrogen) atoms. The number of H-pyrrole nitrogens is 1. The van der Waals surface area contributed by atoms with Crippen molar-refractivity contribution in [3.8, 4) is 17.6 Å². The molecular weight excluding hydrogens is 496 g/mol. The summed E-state index contributed by atoms with van der Waals surface area (Å²) in [4.78, 5) is 25.9. The fraction of sp³-hybridized carbons (Fsp3) is 0.483. The smallest absolute Gasteiger partial charge is 0.257 e. The SMILES string of the molecule is N#Cc1c[nH]c2nc(Nc3ccc(C(=O)N4CCC(N5CCOCC5)CC4)c4c3OCCO4)cc(C3CC3)c12. The Morgan fingerprint density at radius 2 is 1.79 bits per heavy atom. The Morgan fingerprint density at radius 3 is 2.54 bits per heavy atom. The molecule has 7 rings (SSSR count). The molecule has 0 radical (unpaired) electrons. The molecule has 3 aromatic rings. The van der Waals surface area contributed by atoms with Gasteiger partial charge in [-0.05, 0) is 55.4 Å². The number of fused-ring (bicyclic) bond motifs is 2. The summed E-state index contributed by atoms with van der Waals surface area (Å²) in [6.45, 7) is 5.78. The average Bonchev–Trinajstić information content (AvgIpc) is 3.76. The maximum absolute atomic E-state index is 13.6. The maximum Gasteiger partial charge on any atom is 0.257 e. The number of carbonyl (C=O) groups excluding carboxylic acids is 1. The first-order valence-corrected chi connectivity index (χ1v) is 13.9. The van der Waals surface area contributed by atoms with E-state index in [1.807, 2.05) is 23.1 Å². The molecule has 0 spiro atoms. The van der Waals surface area contributed by atoms with Crippen molar-refractivity contribution >= 4 is 28.4 Å². The molecule has 3 fully saturated rings. The zero-order valence-corrected chi connectivity index (χ0v) is 21.9. The number of anilines is 2. The largest absolute Gasteiger partial charge is 0.485 e. The molecule has 3 aliphatic heterocycles. The topological polar surface area (TPSA) is 116 Å². The van der Waals surface area contributed by atoms with Crippen LogP contribution in [-0.4, -0.2) is 84.3 Å². The molecule has 1 aromatic carbocycles. The van der Waals surface area contributed by atoms with Crippen LogP contribution in [0.1, 0.15) is 53.1 Å². The molecule has 1 saturated carbocycles. The van der Waals surface area contributed by atoms with Gasteiger partial charge < -0.3 is 29.4 Å². The van der Waals surface area contributed by atoms with Crippen LogP contribution in [0.15, 0.2) is 24.4 Å². The second kappa shape index (κ2) is 10.1. The number of hydrogen-bond donors (Lipinski definition) is 2. The third kappa shape index (κ3) is 4.56. The molecule has 1 aliphatic carbocycles. The molecule has 0 unspecified atom stereocenters. The van der Waals surface area contributed by atoms with Crippen molar-refractivity contribution in [2.45, 2.75) is 37.6 Å². The molecule has 0 bridgehead atoms. The zero-order valence-electron chi connectivity index (χ0n) is 21.9. The Bertz CT molecular complexity index is 1440. The first-order chi connectivity index (χ1) is 19.2. The quantitative estimate of drug-likeness (QED) is 0.514. The molecule has 2 N–H and O–H groups in total. The van der Waals surface area contributed by atoms with Crippen molar-refractivity contribution in [1.29, 1.82) is 5.26 Å². The maximum atomic E-state index is 13.6. The predicted octanol–water partition coefficient (Wildman–Crippen LogP) is 3.76. The predicted molar refractivity (Wildman–Crippen MR) is 145 cm³/mol. The number of nitriles is 1. The van der Waals surface area contributed by atoms with Crippen LogP contribution in [0.25, 0.3) is 11.0 Å². The highest BCUT2D eigenvalue weighted by atomic mass is 16.6. The monoisotopic (exact) mass is 528 g/mol. The third-order valence-corrected chi connectivity index (χ3v) is 8.31. The number of aromatic nitrogens is 2. The number of benzene rings is 1. The minimum Gasteiger partial charge on any atom is -0.485 e. The van der Waals surface area contributed by atoms with Gasteiger partial charge in [-0.3, -0.25) is 9.69 Å². The minimum atomic E-state index is -0.0188. The summed E-state index contributed by atoms with van der Waals surface area (Å²) in [5, 5.41) is 13.9. The van der Waals surface area contributed by atoms with Crippen molar-refractivity contribution in [2.24, 2.45) is 0 Å². The molecule has 1 amide bonds. The lowest BCUT2D eigenvalue weighted by atomic mass is 10.0. The summed E-state index contributed by atoms with van der Waals surface area (Å²) in [5.41, 5.74) is 3.69. The third-order valence-electron chi connectivity index (χ3n) is 8.31. The molecular formula is C29H32N6O4. The fourth-order valence-corrected chi connectivity index (χ4v) is 6.12. The molecule has 202 valence electrons. The summed E-state index contributed by atoms with van der Waals surface area (Å²) in [6.07, 6.45) is 5.88. The van der Waals surface area contributed by atoms with Crippen molar-refractivity contribution in [2.75, 3.05) is 57.9 Å². The molecule has 2 saturated heterocycles. The highest BCUT2D eigenvalue weighted by molar-refractivity contribution is 5.99. The van der Waals surface area contributed by atoms with Crippen molar-refractivity contribution in [1.82, 2.24) is 19.8 Å². The van der Waals surface area contributed by atoms with Crippen LogP contribution in [0.3, 0.4) is 0 Å². The van der Waals surface area contributed by atoms with E-state index in [0.29, 0.717) is 65.0 Å². The van der Waals surface area contributed by atoms with Crippen LogP contribution in [0.2, 0.25) is 0 Å². The van der Waals surface area contributed by atoms with Gasteiger partial charge in [0, 0.05) is 43.8 Å². The molecule has 10 nitrogen and oxygen atoms in total. The highest BCUT2D eigenvalue weighted by Crippen LogP contribution is 2.46. The van der Waals surface area contributed by atoms with Crippen LogP contribution < -0.4 is 14.8 Å². The summed E-state index contributed by atoms with van der Waals surface area (Å²) in [5.74, 6) is 2.11. The molecule has 0 atom stereocenters. The number of ether oxygens (including phenoxy) is 3. The lowest BCUT2D eigenvalue weighted by molar-refractivity contribution is 0.00152. The van der Waals surface area contributed by atoms with Gasteiger partial charge in [-0.2, -0.15) is 5.26 Å². The van der Waals surface area contributed by atoms with Gasteiger partial charge in [0.2, 0.25) is 0 Å². The molecule has 2 aromatic heterocycles. The molecule has 4 aliphatic rings. The number of nitrogens with zero attached hydrogens (tertiary/aromatic N) is 4. The van der Waals surface area contributed by atoms with E-state index in [4.69, 9.17) is 19.2 Å². The summed E-state index contributed by atoms with van der Waals surface area (Å²) < 4.78 is 17.6. The minimum absolute atomic E-state index is 0.0188. The number of piperidine rings is 1. The van der Waals surface area contributed by atoms with Crippen LogP contribution >= 0.6 is 0 Å². The van der Waals surface area contributed by atoms with Gasteiger partial charge in [0.15, 0.2) is 11.5 Å². The first kappa shape index (κ1) is 24.2. The number of pyridine rings is 1. The van der Waals surface area contributed by atoms with E-state index < -0.39 is 0 Å².